The highest BCUT2D eigenvalue weighted by Crippen LogP contribution is 2.37. The highest BCUT2D eigenvalue weighted by atomic mass is 16.5. The monoisotopic (exact) mass is 204 g/mol. The number of hydrogen-bond acceptors (Lipinski definition) is 2. The number of ether oxygens (including phenoxy) is 1. The Labute approximate surface area is 90.3 Å². The van der Waals surface area contributed by atoms with Crippen LogP contribution in [0.25, 0.3) is 0 Å². The molecule has 0 spiro atoms. The van der Waals surface area contributed by atoms with Crippen molar-refractivity contribution in [3.63, 3.8) is 0 Å². The number of aryl methyl sites for hydroxylation is 2. The van der Waals surface area contributed by atoms with Gasteiger partial charge in [-0.15, -0.1) is 0 Å². The highest BCUT2D eigenvalue weighted by molar-refractivity contribution is 5.91. The maximum absolute atomic E-state index is 11.4. The summed E-state index contributed by atoms with van der Waals surface area (Å²) in [6.45, 7) is 4.06. The normalized spacial score (nSPS) is 19.9. The van der Waals surface area contributed by atoms with E-state index in [0.717, 1.165) is 29.7 Å². The van der Waals surface area contributed by atoms with Crippen LogP contribution in [0.2, 0.25) is 0 Å². The molecule has 1 fully saturated rings. The second-order valence-electron chi connectivity index (χ2n) is 4.24. The van der Waals surface area contributed by atoms with Gasteiger partial charge in [-0.3, -0.25) is 4.79 Å². The molecule has 1 aliphatic carbocycles. The van der Waals surface area contributed by atoms with Gasteiger partial charge in [0.1, 0.15) is 11.5 Å². The van der Waals surface area contributed by atoms with E-state index in [4.69, 9.17) is 4.74 Å². The molecule has 80 valence electrons. The van der Waals surface area contributed by atoms with Crippen molar-refractivity contribution in [1.82, 2.24) is 0 Å². The Balaban J connectivity index is 2.40. The van der Waals surface area contributed by atoms with E-state index in [1.165, 1.54) is 5.56 Å². The van der Waals surface area contributed by atoms with Gasteiger partial charge in [0.05, 0.1) is 7.11 Å². The van der Waals surface area contributed by atoms with Crippen molar-refractivity contribution < 1.29 is 9.53 Å². The predicted octanol–water partition coefficient (Wildman–Crippen LogP) is 2.76. The molecule has 0 N–H and O–H groups in total. The molecule has 1 aromatic rings. The summed E-state index contributed by atoms with van der Waals surface area (Å²) in [5, 5.41) is 0. The fourth-order valence-corrected chi connectivity index (χ4v) is 2.14. The molecule has 2 rings (SSSR count). The Morgan fingerprint density at radius 1 is 1.27 bits per heavy atom. The number of carbonyl (C=O) groups is 1. The van der Waals surface area contributed by atoms with E-state index in [2.05, 4.69) is 6.07 Å². The largest absolute Gasteiger partial charge is 0.496 e. The van der Waals surface area contributed by atoms with Crippen molar-refractivity contribution in [2.75, 3.05) is 7.11 Å². The minimum absolute atomic E-state index is 0.148. The van der Waals surface area contributed by atoms with Crippen LogP contribution in [0, 0.1) is 13.8 Å². The molecule has 1 atom stereocenters. The lowest BCUT2D eigenvalue weighted by Gasteiger charge is -2.26. The molecule has 0 saturated heterocycles. The number of rotatable bonds is 2. The summed E-state index contributed by atoms with van der Waals surface area (Å²) >= 11 is 0. The van der Waals surface area contributed by atoms with E-state index < -0.39 is 0 Å². The van der Waals surface area contributed by atoms with Crippen molar-refractivity contribution in [3.05, 3.63) is 28.8 Å². The molecule has 0 aromatic heterocycles. The summed E-state index contributed by atoms with van der Waals surface area (Å²) in [6, 6.07) is 4.12. The van der Waals surface area contributed by atoms with Crippen molar-refractivity contribution >= 4 is 5.78 Å². The lowest BCUT2D eigenvalue weighted by Crippen LogP contribution is -2.24. The molecule has 0 bridgehead atoms. The van der Waals surface area contributed by atoms with E-state index in [9.17, 15) is 4.79 Å². The molecule has 0 radical (unpaired) electrons. The van der Waals surface area contributed by atoms with Gasteiger partial charge in [0.2, 0.25) is 0 Å². The molecule has 0 amide bonds. The van der Waals surface area contributed by atoms with Gasteiger partial charge in [-0.1, -0.05) is 6.07 Å². The molecule has 1 saturated carbocycles. The third-order valence-corrected chi connectivity index (χ3v) is 3.23. The van der Waals surface area contributed by atoms with Crippen LogP contribution >= 0.6 is 0 Å². The average Bonchev–Trinajstić information content (AvgIpc) is 2.20. The molecule has 2 heteroatoms. The van der Waals surface area contributed by atoms with Crippen LogP contribution in [-0.2, 0) is 4.79 Å². The fraction of sp³-hybridized carbons (Fsp3) is 0.462. The van der Waals surface area contributed by atoms with E-state index in [1.807, 2.05) is 19.9 Å². The molecule has 1 aromatic carbocycles. The maximum Gasteiger partial charge on any atom is 0.140 e. The van der Waals surface area contributed by atoms with Gasteiger partial charge in [-0.2, -0.15) is 0 Å². The Morgan fingerprint density at radius 3 is 2.47 bits per heavy atom. The molecule has 1 aliphatic rings. The van der Waals surface area contributed by atoms with Gasteiger partial charge in [-0.25, -0.2) is 0 Å². The summed E-state index contributed by atoms with van der Waals surface area (Å²) in [4.78, 5) is 11.4. The second-order valence-corrected chi connectivity index (χ2v) is 4.24. The predicted molar refractivity (Wildman–Crippen MR) is 59.5 cm³/mol. The molecule has 0 heterocycles. The number of carbonyl (C=O) groups excluding carboxylic acids is 1. The van der Waals surface area contributed by atoms with E-state index in [-0.39, 0.29) is 5.92 Å². The van der Waals surface area contributed by atoms with Crippen LogP contribution in [0.3, 0.4) is 0 Å². The Hall–Kier alpha value is -1.31. The maximum atomic E-state index is 11.4. The summed E-state index contributed by atoms with van der Waals surface area (Å²) in [5.41, 5.74) is 3.46. The van der Waals surface area contributed by atoms with Gasteiger partial charge in [0.15, 0.2) is 0 Å². The molecular formula is C13H16O2. The average molecular weight is 204 g/mol. The Morgan fingerprint density at radius 2 is 2.00 bits per heavy atom. The van der Waals surface area contributed by atoms with Crippen molar-refractivity contribution in [2.45, 2.75) is 32.6 Å². The van der Waals surface area contributed by atoms with E-state index in [1.54, 1.807) is 7.11 Å². The van der Waals surface area contributed by atoms with Crippen LogP contribution in [0.1, 0.15) is 35.4 Å². The number of methoxy groups -OCH3 is 1. The third kappa shape index (κ3) is 1.65. The second kappa shape index (κ2) is 3.69. The van der Waals surface area contributed by atoms with Crippen LogP contribution in [0.4, 0.5) is 0 Å². The Bertz CT molecular complexity index is 407. The zero-order chi connectivity index (χ0) is 11.0. The zero-order valence-electron chi connectivity index (χ0n) is 9.46. The van der Waals surface area contributed by atoms with Crippen molar-refractivity contribution in [1.29, 1.82) is 0 Å². The van der Waals surface area contributed by atoms with Crippen LogP contribution in [0.15, 0.2) is 12.1 Å². The zero-order valence-corrected chi connectivity index (χ0v) is 9.46. The van der Waals surface area contributed by atoms with Gasteiger partial charge in [0.25, 0.3) is 0 Å². The molecule has 1 unspecified atom stereocenters. The fourth-order valence-electron chi connectivity index (χ4n) is 2.14. The molecule has 2 nitrogen and oxygen atoms in total. The molecular weight excluding hydrogens is 188 g/mol. The van der Waals surface area contributed by atoms with Gasteiger partial charge >= 0.3 is 0 Å². The minimum Gasteiger partial charge on any atom is -0.496 e. The summed E-state index contributed by atoms with van der Waals surface area (Å²) in [6.07, 6.45) is 1.75. The standard InChI is InChI=1S/C13H16O2/c1-8-7-13(15-3)9(2)6-11(8)10-4-5-12(10)14/h6-7,10H,4-5H2,1-3H3. The van der Waals surface area contributed by atoms with Crippen LogP contribution in [0.5, 0.6) is 5.75 Å². The first kappa shape index (κ1) is 10.2. The number of Topliss-reactive ketones (excluding diaryl/α,β-unsaturated/α-hetero) is 1. The minimum atomic E-state index is 0.148. The summed E-state index contributed by atoms with van der Waals surface area (Å²) < 4.78 is 5.25. The van der Waals surface area contributed by atoms with Crippen molar-refractivity contribution in [3.8, 4) is 5.75 Å². The summed E-state index contributed by atoms with van der Waals surface area (Å²) in [5.74, 6) is 1.43. The lowest BCUT2D eigenvalue weighted by atomic mass is 9.76. The first-order chi connectivity index (χ1) is 7.13. The van der Waals surface area contributed by atoms with E-state index in [0.29, 0.717) is 5.78 Å². The number of hydrogen-bond donors (Lipinski definition) is 0. The molecule has 0 aliphatic heterocycles. The highest BCUT2D eigenvalue weighted by Gasteiger charge is 2.30. The number of benzene rings is 1. The van der Waals surface area contributed by atoms with E-state index >= 15 is 0 Å². The SMILES string of the molecule is COc1cc(C)c(C2CCC2=O)cc1C. The van der Waals surface area contributed by atoms with Gasteiger partial charge in [-0.05, 0) is 43.0 Å². The third-order valence-electron chi connectivity index (χ3n) is 3.23. The summed E-state index contributed by atoms with van der Waals surface area (Å²) in [7, 11) is 1.68. The van der Waals surface area contributed by atoms with Crippen molar-refractivity contribution in [2.24, 2.45) is 0 Å². The van der Waals surface area contributed by atoms with Gasteiger partial charge in [0, 0.05) is 12.3 Å². The van der Waals surface area contributed by atoms with Gasteiger partial charge < -0.3 is 4.74 Å². The first-order valence-electron chi connectivity index (χ1n) is 5.31. The molecule has 15 heavy (non-hydrogen) atoms. The first-order valence-corrected chi connectivity index (χ1v) is 5.31. The van der Waals surface area contributed by atoms with Crippen LogP contribution < -0.4 is 4.74 Å². The van der Waals surface area contributed by atoms with Crippen LogP contribution in [-0.4, -0.2) is 12.9 Å². The topological polar surface area (TPSA) is 26.3 Å². The number of ketones is 1. The quantitative estimate of drug-likeness (QED) is 0.740. The Kier molecular flexibility index (Phi) is 2.51. The lowest BCUT2D eigenvalue weighted by molar-refractivity contribution is -0.125. The smallest absolute Gasteiger partial charge is 0.140 e.